The molecule has 0 bridgehead atoms. The zero-order valence-corrected chi connectivity index (χ0v) is 18.1. The Morgan fingerprint density at radius 1 is 1.00 bits per heavy atom. The molecule has 6 aromatic rings. The highest BCUT2D eigenvalue weighted by molar-refractivity contribution is 5.83. The van der Waals surface area contributed by atoms with Gasteiger partial charge in [0.05, 0.1) is 21.8 Å². The van der Waals surface area contributed by atoms with Crippen molar-refractivity contribution in [2.75, 3.05) is 5.32 Å². The average molecular weight is 443 g/mol. The number of hydrogen-bond donors (Lipinski definition) is 1. The predicted octanol–water partition coefficient (Wildman–Crippen LogP) is 4.41. The Balaban J connectivity index is 1.46. The van der Waals surface area contributed by atoms with Gasteiger partial charge in [-0.25, -0.2) is 9.97 Å². The molecule has 34 heavy (non-hydrogen) atoms. The maximum absolute atomic E-state index is 13.4. The van der Waals surface area contributed by atoms with Gasteiger partial charge in [0.25, 0.3) is 5.56 Å². The van der Waals surface area contributed by atoms with Gasteiger partial charge in [0.15, 0.2) is 11.2 Å². The van der Waals surface area contributed by atoms with Gasteiger partial charge in [0.2, 0.25) is 5.89 Å². The van der Waals surface area contributed by atoms with Crippen LogP contribution in [0.15, 0.2) is 82.0 Å². The van der Waals surface area contributed by atoms with Crippen molar-refractivity contribution in [1.29, 1.82) is 5.26 Å². The summed E-state index contributed by atoms with van der Waals surface area (Å²) in [6.45, 7) is 1.76. The molecule has 0 spiro atoms. The SMILES string of the molecule is Cc1c(C#N)c2nc3ccccc3n2c(=O)c1=CNc1ccc2oc(-c3ccccc3)nc2c1. The van der Waals surface area contributed by atoms with Crippen molar-refractivity contribution in [2.24, 2.45) is 0 Å². The molecule has 0 aliphatic carbocycles. The van der Waals surface area contributed by atoms with Crippen LogP contribution in [0, 0.1) is 18.3 Å². The number of para-hydroxylation sites is 2. The topological polar surface area (TPSA) is 96.2 Å². The molecule has 1 N–H and O–H groups in total. The molecule has 0 saturated heterocycles. The van der Waals surface area contributed by atoms with Crippen molar-refractivity contribution in [3.8, 4) is 17.5 Å². The summed E-state index contributed by atoms with van der Waals surface area (Å²) in [6.07, 6.45) is 1.63. The number of anilines is 1. The molecular formula is C27H17N5O2. The lowest BCUT2D eigenvalue weighted by atomic mass is 10.1. The Morgan fingerprint density at radius 3 is 2.62 bits per heavy atom. The van der Waals surface area contributed by atoms with Gasteiger partial charge >= 0.3 is 0 Å². The van der Waals surface area contributed by atoms with Gasteiger partial charge in [0, 0.05) is 17.5 Å². The number of rotatable bonds is 3. The fraction of sp³-hybridized carbons (Fsp3) is 0.0370. The van der Waals surface area contributed by atoms with Crippen LogP contribution in [-0.4, -0.2) is 14.4 Å². The van der Waals surface area contributed by atoms with Gasteiger partial charge in [-0.05, 0) is 55.0 Å². The molecule has 3 aromatic heterocycles. The van der Waals surface area contributed by atoms with Gasteiger partial charge in [-0.3, -0.25) is 9.20 Å². The average Bonchev–Trinajstić information content (AvgIpc) is 3.46. The third-order valence-corrected chi connectivity index (χ3v) is 5.90. The van der Waals surface area contributed by atoms with Crippen LogP contribution < -0.4 is 16.1 Å². The summed E-state index contributed by atoms with van der Waals surface area (Å²) in [5.41, 5.74) is 5.46. The fourth-order valence-corrected chi connectivity index (χ4v) is 4.16. The Hall–Kier alpha value is -4.96. The van der Waals surface area contributed by atoms with Crippen LogP contribution in [-0.2, 0) is 0 Å². The molecule has 7 heteroatoms. The fourth-order valence-electron chi connectivity index (χ4n) is 4.16. The maximum Gasteiger partial charge on any atom is 0.265 e. The lowest BCUT2D eigenvalue weighted by Gasteiger charge is -2.04. The van der Waals surface area contributed by atoms with E-state index in [9.17, 15) is 10.1 Å². The Bertz CT molecular complexity index is 1880. The van der Waals surface area contributed by atoms with Gasteiger partial charge < -0.3 is 9.73 Å². The number of pyridine rings is 1. The first kappa shape index (κ1) is 19.7. The van der Waals surface area contributed by atoms with Gasteiger partial charge in [-0.2, -0.15) is 5.26 Å². The van der Waals surface area contributed by atoms with Crippen LogP contribution in [0.4, 0.5) is 5.69 Å². The van der Waals surface area contributed by atoms with E-state index < -0.39 is 0 Å². The van der Waals surface area contributed by atoms with Crippen molar-refractivity contribution in [3.05, 3.63) is 99.5 Å². The smallest absolute Gasteiger partial charge is 0.265 e. The first-order chi connectivity index (χ1) is 16.6. The molecule has 0 radical (unpaired) electrons. The standard InChI is InChI=1S/C27H17N5O2/c1-16-19(14-28)25-30-21-9-5-6-10-23(21)32(25)27(33)20(16)15-29-18-11-12-24-22(13-18)31-26(34-24)17-7-3-2-4-8-17/h2-13,15,29H,1H3. The Kier molecular flexibility index (Phi) is 4.39. The molecule has 0 fully saturated rings. The highest BCUT2D eigenvalue weighted by Gasteiger charge is 2.16. The quantitative estimate of drug-likeness (QED) is 0.435. The second-order valence-corrected chi connectivity index (χ2v) is 7.95. The number of fused-ring (bicyclic) bond motifs is 4. The van der Waals surface area contributed by atoms with Crippen molar-refractivity contribution >= 4 is 39.7 Å². The number of nitrogens with one attached hydrogen (secondary N) is 1. The number of nitriles is 1. The lowest BCUT2D eigenvalue weighted by Crippen LogP contribution is -2.34. The van der Waals surface area contributed by atoms with Crippen molar-refractivity contribution < 1.29 is 4.42 Å². The van der Waals surface area contributed by atoms with Gasteiger partial charge in [-0.15, -0.1) is 0 Å². The van der Waals surface area contributed by atoms with Gasteiger partial charge in [-0.1, -0.05) is 30.3 Å². The van der Waals surface area contributed by atoms with Crippen LogP contribution in [0.25, 0.3) is 45.4 Å². The molecule has 0 saturated carbocycles. The summed E-state index contributed by atoms with van der Waals surface area (Å²) < 4.78 is 7.38. The number of aromatic nitrogens is 3. The molecule has 0 atom stereocenters. The van der Waals surface area contributed by atoms with E-state index in [-0.39, 0.29) is 5.56 Å². The Labute approximate surface area is 193 Å². The van der Waals surface area contributed by atoms with Crippen molar-refractivity contribution in [3.63, 3.8) is 0 Å². The van der Waals surface area contributed by atoms with E-state index >= 15 is 0 Å². The highest BCUT2D eigenvalue weighted by Crippen LogP contribution is 2.26. The first-order valence-corrected chi connectivity index (χ1v) is 10.7. The molecule has 0 amide bonds. The minimum absolute atomic E-state index is 0.235. The largest absolute Gasteiger partial charge is 0.436 e. The minimum atomic E-state index is -0.235. The van der Waals surface area contributed by atoms with Crippen molar-refractivity contribution in [1.82, 2.24) is 14.4 Å². The Morgan fingerprint density at radius 2 is 1.79 bits per heavy atom. The minimum Gasteiger partial charge on any atom is -0.436 e. The summed E-state index contributed by atoms with van der Waals surface area (Å²) in [7, 11) is 0. The molecular weight excluding hydrogens is 426 g/mol. The van der Waals surface area contributed by atoms with E-state index in [0.717, 1.165) is 11.3 Å². The molecule has 0 aliphatic heterocycles. The molecule has 3 aromatic carbocycles. The highest BCUT2D eigenvalue weighted by atomic mass is 16.3. The number of benzene rings is 3. The van der Waals surface area contributed by atoms with Crippen LogP contribution in [0.3, 0.4) is 0 Å². The molecule has 0 aliphatic rings. The number of imidazole rings is 1. The number of oxazole rings is 1. The summed E-state index contributed by atoms with van der Waals surface area (Å²) in [5.74, 6) is 0.547. The summed E-state index contributed by atoms with van der Waals surface area (Å²) in [4.78, 5) is 22.5. The van der Waals surface area contributed by atoms with Crippen LogP contribution in [0.5, 0.6) is 0 Å². The van der Waals surface area contributed by atoms with Crippen LogP contribution in [0.1, 0.15) is 11.1 Å². The summed E-state index contributed by atoms with van der Waals surface area (Å²) in [5, 5.41) is 13.4. The zero-order chi connectivity index (χ0) is 23.2. The molecule has 0 unspecified atom stereocenters. The summed E-state index contributed by atoms with van der Waals surface area (Å²) in [6, 6.07) is 24.8. The third-order valence-electron chi connectivity index (χ3n) is 5.90. The molecule has 6 rings (SSSR count). The predicted molar refractivity (Wildman–Crippen MR) is 131 cm³/mol. The van der Waals surface area contributed by atoms with Gasteiger partial charge in [0.1, 0.15) is 11.6 Å². The normalized spacial score (nSPS) is 11.9. The van der Waals surface area contributed by atoms with Crippen molar-refractivity contribution in [2.45, 2.75) is 6.92 Å². The number of hydrogen-bond acceptors (Lipinski definition) is 6. The van der Waals surface area contributed by atoms with Crippen LogP contribution in [0.2, 0.25) is 0 Å². The van der Waals surface area contributed by atoms with E-state index in [2.05, 4.69) is 21.4 Å². The second kappa shape index (κ2) is 7.57. The third kappa shape index (κ3) is 3.01. The molecule has 3 heterocycles. The van der Waals surface area contributed by atoms with E-state index in [1.165, 1.54) is 4.40 Å². The van der Waals surface area contributed by atoms with Crippen LogP contribution >= 0.6 is 0 Å². The second-order valence-electron chi connectivity index (χ2n) is 7.95. The first-order valence-electron chi connectivity index (χ1n) is 10.7. The zero-order valence-electron chi connectivity index (χ0n) is 18.1. The lowest BCUT2D eigenvalue weighted by molar-refractivity contribution is 0.620. The maximum atomic E-state index is 13.4. The summed E-state index contributed by atoms with van der Waals surface area (Å²) >= 11 is 0. The number of nitrogens with zero attached hydrogens (tertiary/aromatic N) is 4. The van der Waals surface area contributed by atoms with E-state index in [0.29, 0.717) is 50.0 Å². The monoisotopic (exact) mass is 443 g/mol. The van der Waals surface area contributed by atoms with E-state index in [4.69, 9.17) is 4.42 Å². The molecule has 7 nitrogen and oxygen atoms in total. The molecule has 162 valence electrons. The van der Waals surface area contributed by atoms with E-state index in [1.54, 1.807) is 13.1 Å². The van der Waals surface area contributed by atoms with E-state index in [1.807, 2.05) is 72.8 Å².